The van der Waals surface area contributed by atoms with Crippen LogP contribution in [0.2, 0.25) is 10.0 Å². The largest absolute Gasteiger partial charge is 0.461 e. The fourth-order valence-corrected chi connectivity index (χ4v) is 3.84. The molecular formula is C24H19Cl2NO2. The smallest absolute Gasteiger partial charge is 0.354 e. The first kappa shape index (κ1) is 19.6. The number of esters is 1. The predicted molar refractivity (Wildman–Crippen MR) is 119 cm³/mol. The molecule has 3 aromatic carbocycles. The van der Waals surface area contributed by atoms with Crippen molar-refractivity contribution < 1.29 is 9.53 Å². The summed E-state index contributed by atoms with van der Waals surface area (Å²) in [6.45, 7) is 2.60. The van der Waals surface area contributed by atoms with Crippen molar-refractivity contribution in [2.24, 2.45) is 0 Å². The van der Waals surface area contributed by atoms with Gasteiger partial charge in [0.2, 0.25) is 0 Å². The number of aromatic nitrogens is 1. The number of ether oxygens (including phenoxy) is 1. The van der Waals surface area contributed by atoms with Crippen molar-refractivity contribution in [3.8, 4) is 11.1 Å². The van der Waals surface area contributed by atoms with E-state index < -0.39 is 0 Å². The average Bonchev–Trinajstić information content (AvgIpc) is 3.10. The number of benzene rings is 3. The number of fused-ring (bicyclic) bond motifs is 1. The van der Waals surface area contributed by atoms with Gasteiger partial charge in [0, 0.05) is 17.4 Å². The summed E-state index contributed by atoms with van der Waals surface area (Å²) in [6.07, 6.45) is 0. The van der Waals surface area contributed by atoms with Crippen molar-refractivity contribution in [1.29, 1.82) is 0 Å². The summed E-state index contributed by atoms with van der Waals surface area (Å²) in [5.41, 5.74) is 4.59. The average molecular weight is 424 g/mol. The van der Waals surface area contributed by atoms with Crippen molar-refractivity contribution in [3.05, 3.63) is 94.1 Å². The van der Waals surface area contributed by atoms with Crippen molar-refractivity contribution in [2.75, 3.05) is 6.61 Å². The van der Waals surface area contributed by atoms with Gasteiger partial charge in [0.25, 0.3) is 0 Å². The standard InChI is InChI=1S/C24H19Cl2NO2/c1-2-29-24(28)23-14-19-18(17-7-4-3-5-8-17)9-6-10-22(19)27(23)15-16-11-12-20(25)21(26)13-16/h3-14H,2,15H2,1H3. The van der Waals surface area contributed by atoms with E-state index in [4.69, 9.17) is 27.9 Å². The Morgan fingerprint density at radius 2 is 1.72 bits per heavy atom. The Labute approximate surface area is 179 Å². The zero-order chi connectivity index (χ0) is 20.4. The molecule has 0 aliphatic rings. The quantitative estimate of drug-likeness (QED) is 0.329. The first-order valence-corrected chi connectivity index (χ1v) is 10.1. The molecular weight excluding hydrogens is 405 g/mol. The van der Waals surface area contributed by atoms with Crippen molar-refractivity contribution in [1.82, 2.24) is 4.57 Å². The van der Waals surface area contributed by atoms with E-state index in [0.717, 1.165) is 27.6 Å². The van der Waals surface area contributed by atoms with Crippen LogP contribution in [0, 0.1) is 0 Å². The highest BCUT2D eigenvalue weighted by atomic mass is 35.5. The second kappa shape index (κ2) is 8.32. The molecule has 4 rings (SSSR count). The number of hydrogen-bond acceptors (Lipinski definition) is 2. The molecule has 0 amide bonds. The molecule has 5 heteroatoms. The normalized spacial score (nSPS) is 11.0. The number of carbonyl (C=O) groups is 1. The summed E-state index contributed by atoms with van der Waals surface area (Å²) < 4.78 is 7.29. The van der Waals surface area contributed by atoms with E-state index in [1.54, 1.807) is 13.0 Å². The molecule has 0 atom stereocenters. The first-order valence-electron chi connectivity index (χ1n) is 9.37. The first-order chi connectivity index (χ1) is 14.1. The molecule has 0 bridgehead atoms. The molecule has 0 N–H and O–H groups in total. The second-order valence-corrected chi connectivity index (χ2v) is 7.50. The van der Waals surface area contributed by atoms with E-state index in [1.807, 2.05) is 53.1 Å². The molecule has 1 heterocycles. The van der Waals surface area contributed by atoms with Gasteiger partial charge in [-0.15, -0.1) is 0 Å². The van der Waals surface area contributed by atoms with Crippen LogP contribution in [0.15, 0.2) is 72.8 Å². The number of rotatable bonds is 5. The van der Waals surface area contributed by atoms with Crippen molar-refractivity contribution in [3.63, 3.8) is 0 Å². The molecule has 0 radical (unpaired) electrons. The number of hydrogen-bond donors (Lipinski definition) is 0. The number of carbonyl (C=O) groups excluding carboxylic acids is 1. The summed E-state index contributed by atoms with van der Waals surface area (Å²) >= 11 is 12.3. The predicted octanol–water partition coefficient (Wildman–Crippen LogP) is 6.84. The lowest BCUT2D eigenvalue weighted by Crippen LogP contribution is -2.12. The summed E-state index contributed by atoms with van der Waals surface area (Å²) in [5, 5.41) is 2.00. The Morgan fingerprint density at radius 1 is 0.931 bits per heavy atom. The van der Waals surface area contributed by atoms with E-state index in [-0.39, 0.29) is 5.97 Å². The fraction of sp³-hybridized carbons (Fsp3) is 0.125. The maximum Gasteiger partial charge on any atom is 0.354 e. The lowest BCUT2D eigenvalue weighted by Gasteiger charge is -2.11. The lowest BCUT2D eigenvalue weighted by atomic mass is 10.0. The number of nitrogens with zero attached hydrogens (tertiary/aromatic N) is 1. The zero-order valence-electron chi connectivity index (χ0n) is 15.9. The summed E-state index contributed by atoms with van der Waals surface area (Å²) in [7, 11) is 0. The zero-order valence-corrected chi connectivity index (χ0v) is 17.4. The van der Waals surface area contributed by atoms with Crippen LogP contribution in [0.1, 0.15) is 23.0 Å². The number of halogens is 2. The highest BCUT2D eigenvalue weighted by Gasteiger charge is 2.19. The van der Waals surface area contributed by atoms with Crippen LogP contribution in [-0.2, 0) is 11.3 Å². The van der Waals surface area contributed by atoms with Crippen LogP contribution in [0.25, 0.3) is 22.0 Å². The van der Waals surface area contributed by atoms with E-state index in [9.17, 15) is 4.79 Å². The third-order valence-corrected chi connectivity index (χ3v) is 5.58. The Bertz CT molecular complexity index is 1180. The van der Waals surface area contributed by atoms with Gasteiger partial charge in [-0.1, -0.05) is 71.7 Å². The van der Waals surface area contributed by atoms with Gasteiger partial charge in [0.15, 0.2) is 0 Å². The van der Waals surface area contributed by atoms with Gasteiger partial charge in [-0.2, -0.15) is 0 Å². The van der Waals surface area contributed by atoms with Gasteiger partial charge in [0.1, 0.15) is 5.69 Å². The maximum atomic E-state index is 12.7. The van der Waals surface area contributed by atoms with Gasteiger partial charge in [0.05, 0.1) is 16.7 Å². The molecule has 146 valence electrons. The summed E-state index contributed by atoms with van der Waals surface area (Å²) in [6, 6.07) is 23.6. The maximum absolute atomic E-state index is 12.7. The third kappa shape index (κ3) is 3.89. The molecule has 0 spiro atoms. The van der Waals surface area contributed by atoms with Crippen molar-refractivity contribution in [2.45, 2.75) is 13.5 Å². The fourth-order valence-electron chi connectivity index (χ4n) is 3.52. The molecule has 0 unspecified atom stereocenters. The Balaban J connectivity index is 1.90. The minimum absolute atomic E-state index is 0.318. The van der Waals surface area contributed by atoms with E-state index >= 15 is 0 Å². The van der Waals surface area contributed by atoms with E-state index in [2.05, 4.69) is 18.2 Å². The molecule has 0 fully saturated rings. The Hall–Kier alpha value is -2.75. The van der Waals surface area contributed by atoms with Gasteiger partial charge in [-0.05, 0) is 47.9 Å². The molecule has 1 aromatic heterocycles. The van der Waals surface area contributed by atoms with Crippen LogP contribution in [0.4, 0.5) is 0 Å². The molecule has 0 saturated heterocycles. The van der Waals surface area contributed by atoms with Crippen molar-refractivity contribution >= 4 is 40.1 Å². The lowest BCUT2D eigenvalue weighted by molar-refractivity contribution is 0.0515. The van der Waals surface area contributed by atoms with Crippen LogP contribution < -0.4 is 0 Å². The molecule has 0 aliphatic heterocycles. The van der Waals surface area contributed by atoms with Crippen LogP contribution >= 0.6 is 23.2 Å². The topological polar surface area (TPSA) is 31.2 Å². The van der Waals surface area contributed by atoms with Gasteiger partial charge >= 0.3 is 5.97 Å². The molecule has 29 heavy (non-hydrogen) atoms. The molecule has 0 aliphatic carbocycles. The van der Waals surface area contributed by atoms with Gasteiger partial charge in [-0.3, -0.25) is 0 Å². The van der Waals surface area contributed by atoms with E-state index in [1.165, 1.54) is 0 Å². The summed E-state index contributed by atoms with van der Waals surface area (Å²) in [4.78, 5) is 12.7. The highest BCUT2D eigenvalue weighted by Crippen LogP contribution is 2.32. The van der Waals surface area contributed by atoms with Gasteiger partial charge in [-0.25, -0.2) is 4.79 Å². The minimum atomic E-state index is -0.345. The molecule has 0 saturated carbocycles. The third-order valence-electron chi connectivity index (χ3n) is 4.84. The Morgan fingerprint density at radius 3 is 2.45 bits per heavy atom. The van der Waals surface area contributed by atoms with Crippen LogP contribution in [0.3, 0.4) is 0 Å². The van der Waals surface area contributed by atoms with E-state index in [0.29, 0.717) is 28.9 Å². The monoisotopic (exact) mass is 423 g/mol. The van der Waals surface area contributed by atoms with Crippen LogP contribution in [-0.4, -0.2) is 17.1 Å². The Kier molecular flexibility index (Phi) is 5.61. The minimum Gasteiger partial charge on any atom is -0.461 e. The summed E-state index contributed by atoms with van der Waals surface area (Å²) in [5.74, 6) is -0.345. The van der Waals surface area contributed by atoms with Gasteiger partial charge < -0.3 is 9.30 Å². The SMILES string of the molecule is CCOC(=O)c1cc2c(-c3ccccc3)cccc2n1Cc1ccc(Cl)c(Cl)c1. The van der Waals surface area contributed by atoms with Crippen LogP contribution in [0.5, 0.6) is 0 Å². The highest BCUT2D eigenvalue weighted by molar-refractivity contribution is 6.42. The molecule has 4 aromatic rings. The molecule has 3 nitrogen and oxygen atoms in total. The second-order valence-electron chi connectivity index (χ2n) is 6.69.